The molecule has 32 heavy (non-hydrogen) atoms. The number of nitrogens with zero attached hydrogens (tertiary/aromatic N) is 3. The van der Waals surface area contributed by atoms with E-state index in [0.29, 0.717) is 24.4 Å². The van der Waals surface area contributed by atoms with Crippen molar-refractivity contribution in [3.8, 4) is 0 Å². The van der Waals surface area contributed by atoms with Gasteiger partial charge in [-0.15, -0.1) is 0 Å². The van der Waals surface area contributed by atoms with E-state index in [1.54, 1.807) is 0 Å². The third-order valence-corrected chi connectivity index (χ3v) is 7.67. The number of pyridine rings is 1. The smallest absolute Gasteiger partial charge is 0.258 e. The molecule has 3 heterocycles. The summed E-state index contributed by atoms with van der Waals surface area (Å²) in [5, 5.41) is 3.06. The molecule has 5 rings (SSSR count). The number of hydrogen-bond acceptors (Lipinski definition) is 6. The van der Waals surface area contributed by atoms with Crippen LogP contribution in [0.15, 0.2) is 36.4 Å². The zero-order valence-electron chi connectivity index (χ0n) is 18.8. The summed E-state index contributed by atoms with van der Waals surface area (Å²) in [5.41, 5.74) is 3.68. The third-order valence-electron chi connectivity index (χ3n) is 7.05. The first kappa shape index (κ1) is 21.6. The molecule has 6 nitrogen and oxygen atoms in total. The molecular formula is C25H32N4O2S. The summed E-state index contributed by atoms with van der Waals surface area (Å²) in [7, 11) is 0. The number of hydrogen-bond donors (Lipinski definition) is 1. The van der Waals surface area contributed by atoms with E-state index < -0.39 is 0 Å². The van der Waals surface area contributed by atoms with Gasteiger partial charge in [0.25, 0.3) is 5.91 Å². The number of piperidine rings is 1. The molecule has 2 aliphatic heterocycles. The second-order valence-corrected chi connectivity index (χ2v) is 10.1. The Morgan fingerprint density at radius 2 is 1.84 bits per heavy atom. The van der Waals surface area contributed by atoms with E-state index in [0.717, 1.165) is 49.0 Å². The van der Waals surface area contributed by atoms with Crippen LogP contribution in [0.2, 0.25) is 0 Å². The molecule has 170 valence electrons. The van der Waals surface area contributed by atoms with Gasteiger partial charge < -0.3 is 19.9 Å². The molecule has 1 N–H and O–H groups in total. The number of amides is 1. The average Bonchev–Trinajstić information content (AvgIpc) is 3.59. The molecule has 3 aliphatic rings. The highest BCUT2D eigenvalue weighted by Crippen LogP contribution is 2.54. The van der Waals surface area contributed by atoms with E-state index in [1.807, 2.05) is 36.0 Å². The van der Waals surface area contributed by atoms with Crippen molar-refractivity contribution in [1.29, 1.82) is 0 Å². The molecule has 1 aliphatic carbocycles. The fourth-order valence-electron chi connectivity index (χ4n) is 4.83. The maximum atomic E-state index is 13.4. The van der Waals surface area contributed by atoms with Crippen LogP contribution in [0.5, 0.6) is 0 Å². The summed E-state index contributed by atoms with van der Waals surface area (Å²) >= 11 is 1.81. The minimum atomic E-state index is -0.0889. The fraction of sp³-hybridized carbons (Fsp3) is 0.520. The predicted molar refractivity (Wildman–Crippen MR) is 132 cm³/mol. The largest absolute Gasteiger partial charge is 0.378 e. The number of nitrogens with one attached hydrogen (secondary N) is 1. The summed E-state index contributed by atoms with van der Waals surface area (Å²) in [5.74, 6) is 2.34. The third kappa shape index (κ3) is 4.74. The first-order chi connectivity index (χ1) is 15.7. The molecule has 0 atom stereocenters. The zero-order valence-corrected chi connectivity index (χ0v) is 19.6. The van der Waals surface area contributed by atoms with Gasteiger partial charge in [0, 0.05) is 37.6 Å². The zero-order chi connectivity index (χ0) is 22.0. The number of anilines is 3. The van der Waals surface area contributed by atoms with Crippen molar-refractivity contribution in [2.24, 2.45) is 5.41 Å². The maximum Gasteiger partial charge on any atom is 0.258 e. The Hall–Kier alpha value is -2.25. The standard InChI is InChI=1S/C25H32N4O2S/c1-32-18-19-5-6-20(21(17-19)28-11-9-25(7-8-25)10-12-28)24(30)27-22-3-2-4-23(26-22)29-13-15-31-16-14-29/h2-6,17H,7-16,18H2,1H3,(H,26,27,30). The molecule has 0 radical (unpaired) electrons. The molecular weight excluding hydrogens is 420 g/mol. The number of morpholine rings is 1. The second kappa shape index (κ2) is 9.32. The molecule has 1 spiro atoms. The number of rotatable bonds is 6. The minimum absolute atomic E-state index is 0.0889. The molecule has 1 aromatic carbocycles. The van der Waals surface area contributed by atoms with Crippen molar-refractivity contribution >= 4 is 35.0 Å². The van der Waals surface area contributed by atoms with Gasteiger partial charge >= 0.3 is 0 Å². The monoisotopic (exact) mass is 452 g/mol. The Kier molecular flexibility index (Phi) is 6.28. The van der Waals surface area contributed by atoms with Crippen LogP contribution < -0.4 is 15.1 Å². The predicted octanol–water partition coefficient (Wildman–Crippen LogP) is 4.41. The van der Waals surface area contributed by atoms with Gasteiger partial charge in [0.15, 0.2) is 0 Å². The number of aromatic nitrogens is 1. The number of carbonyl (C=O) groups is 1. The number of ether oxygens (including phenoxy) is 1. The number of benzene rings is 1. The van der Waals surface area contributed by atoms with Crippen molar-refractivity contribution in [2.45, 2.75) is 31.4 Å². The van der Waals surface area contributed by atoms with E-state index in [-0.39, 0.29) is 5.91 Å². The van der Waals surface area contributed by atoms with Gasteiger partial charge in [0.1, 0.15) is 11.6 Å². The Morgan fingerprint density at radius 3 is 2.56 bits per heavy atom. The Morgan fingerprint density at radius 1 is 1.06 bits per heavy atom. The Bertz CT molecular complexity index is 962. The van der Waals surface area contributed by atoms with Crippen molar-refractivity contribution in [1.82, 2.24) is 4.98 Å². The van der Waals surface area contributed by atoms with Crippen LogP contribution in [0, 0.1) is 5.41 Å². The second-order valence-electron chi connectivity index (χ2n) is 9.21. The minimum Gasteiger partial charge on any atom is -0.378 e. The molecule has 1 saturated carbocycles. The first-order valence-electron chi connectivity index (χ1n) is 11.6. The van der Waals surface area contributed by atoms with Crippen molar-refractivity contribution < 1.29 is 9.53 Å². The lowest BCUT2D eigenvalue weighted by Crippen LogP contribution is -2.37. The molecule has 1 amide bonds. The van der Waals surface area contributed by atoms with Crippen LogP contribution >= 0.6 is 11.8 Å². The fourth-order valence-corrected chi connectivity index (χ4v) is 5.34. The normalized spacial score (nSPS) is 19.8. The SMILES string of the molecule is CSCc1ccc(C(=O)Nc2cccc(N3CCOCC3)n2)c(N2CCC3(CC2)CC3)c1. The molecule has 3 fully saturated rings. The van der Waals surface area contributed by atoms with Crippen molar-refractivity contribution in [3.63, 3.8) is 0 Å². The van der Waals surface area contributed by atoms with Crippen molar-refractivity contribution in [3.05, 3.63) is 47.5 Å². The van der Waals surface area contributed by atoms with Crippen LogP contribution in [-0.4, -0.2) is 56.5 Å². The van der Waals surface area contributed by atoms with E-state index in [2.05, 4.69) is 33.5 Å². The lowest BCUT2D eigenvalue weighted by Gasteiger charge is -2.35. The molecule has 0 unspecified atom stereocenters. The highest BCUT2D eigenvalue weighted by atomic mass is 32.2. The lowest BCUT2D eigenvalue weighted by atomic mass is 9.92. The summed E-state index contributed by atoms with van der Waals surface area (Å²) in [6.45, 7) is 5.13. The molecule has 0 bridgehead atoms. The Balaban J connectivity index is 1.35. The van der Waals surface area contributed by atoms with Gasteiger partial charge in [-0.3, -0.25) is 4.79 Å². The van der Waals surface area contributed by atoms with E-state index in [9.17, 15) is 4.79 Å². The van der Waals surface area contributed by atoms with Crippen LogP contribution in [0.4, 0.5) is 17.3 Å². The van der Waals surface area contributed by atoms with Gasteiger partial charge in [0.05, 0.1) is 18.8 Å². The summed E-state index contributed by atoms with van der Waals surface area (Å²) in [6.07, 6.45) is 7.36. The van der Waals surface area contributed by atoms with Gasteiger partial charge in [-0.1, -0.05) is 12.1 Å². The highest BCUT2D eigenvalue weighted by Gasteiger charge is 2.44. The van der Waals surface area contributed by atoms with E-state index >= 15 is 0 Å². The van der Waals surface area contributed by atoms with Crippen molar-refractivity contribution in [2.75, 3.05) is 60.8 Å². The number of carbonyl (C=O) groups excluding carboxylic acids is 1. The van der Waals surface area contributed by atoms with Gasteiger partial charge in [-0.25, -0.2) is 4.98 Å². The quantitative estimate of drug-likeness (QED) is 0.701. The first-order valence-corrected chi connectivity index (χ1v) is 13.0. The maximum absolute atomic E-state index is 13.4. The molecule has 7 heteroatoms. The van der Waals surface area contributed by atoms with Gasteiger partial charge in [-0.05, 0) is 67.2 Å². The summed E-state index contributed by atoms with van der Waals surface area (Å²) in [4.78, 5) is 22.7. The molecule has 1 aromatic heterocycles. The average molecular weight is 453 g/mol. The summed E-state index contributed by atoms with van der Waals surface area (Å²) in [6, 6.07) is 12.1. The molecule has 2 aromatic rings. The van der Waals surface area contributed by atoms with E-state index in [1.165, 1.54) is 31.2 Å². The Labute approximate surface area is 194 Å². The highest BCUT2D eigenvalue weighted by molar-refractivity contribution is 7.97. The molecule has 2 saturated heterocycles. The topological polar surface area (TPSA) is 57.7 Å². The summed E-state index contributed by atoms with van der Waals surface area (Å²) < 4.78 is 5.44. The lowest BCUT2D eigenvalue weighted by molar-refractivity contribution is 0.102. The van der Waals surface area contributed by atoms with Gasteiger partial charge in [0.2, 0.25) is 0 Å². The van der Waals surface area contributed by atoms with Crippen LogP contribution in [0.3, 0.4) is 0 Å². The van der Waals surface area contributed by atoms with Gasteiger partial charge in [-0.2, -0.15) is 11.8 Å². The van der Waals surface area contributed by atoms with Crippen LogP contribution in [0.1, 0.15) is 41.6 Å². The van der Waals surface area contributed by atoms with Crippen LogP contribution in [-0.2, 0) is 10.5 Å². The van der Waals surface area contributed by atoms with Crippen LogP contribution in [0.25, 0.3) is 0 Å². The van der Waals surface area contributed by atoms with E-state index in [4.69, 9.17) is 9.72 Å². The number of thioether (sulfide) groups is 1.